The van der Waals surface area contributed by atoms with Gasteiger partial charge < -0.3 is 15.3 Å². The van der Waals surface area contributed by atoms with Gasteiger partial charge in [0, 0.05) is 7.05 Å². The molecule has 0 aliphatic heterocycles. The van der Waals surface area contributed by atoms with Gasteiger partial charge in [-0.05, 0) is 5.56 Å². The normalized spacial score (nSPS) is 11.7. The smallest absolute Gasteiger partial charge is 0.330 e. The molecule has 2 amide bonds. The minimum atomic E-state index is -1.12. The molecule has 2 aromatic rings. The maximum Gasteiger partial charge on any atom is 0.330 e. The first-order valence-electron chi connectivity index (χ1n) is 6.21. The maximum atomic E-state index is 12.0. The number of nitrogens with one attached hydrogen (secondary N) is 2. The van der Waals surface area contributed by atoms with Crippen molar-refractivity contribution in [3.63, 3.8) is 0 Å². The fourth-order valence-corrected chi connectivity index (χ4v) is 1.77. The van der Waals surface area contributed by atoms with Crippen molar-refractivity contribution < 1.29 is 14.7 Å². The summed E-state index contributed by atoms with van der Waals surface area (Å²) in [5.74, 6) is -0.609. The van der Waals surface area contributed by atoms with Crippen LogP contribution in [-0.4, -0.2) is 44.2 Å². The first-order chi connectivity index (χ1) is 10.1. The van der Waals surface area contributed by atoms with Gasteiger partial charge in [-0.15, -0.1) is 0 Å². The van der Waals surface area contributed by atoms with E-state index in [4.69, 9.17) is 0 Å². The quantitative estimate of drug-likeness (QED) is 0.753. The Morgan fingerprint density at radius 2 is 2.10 bits per heavy atom. The van der Waals surface area contributed by atoms with E-state index < -0.39 is 18.0 Å². The number of urea groups is 1. The molecule has 8 heteroatoms. The third-order valence-corrected chi connectivity index (χ3v) is 2.85. The summed E-state index contributed by atoms with van der Waals surface area (Å²) < 4.78 is 0. The van der Waals surface area contributed by atoms with Crippen molar-refractivity contribution in [2.24, 2.45) is 0 Å². The van der Waals surface area contributed by atoms with E-state index in [9.17, 15) is 14.7 Å². The van der Waals surface area contributed by atoms with E-state index in [1.165, 1.54) is 11.2 Å². The van der Waals surface area contributed by atoms with Crippen molar-refractivity contribution in [3.8, 4) is 0 Å². The zero-order chi connectivity index (χ0) is 15.2. The molecule has 1 unspecified atom stereocenters. The van der Waals surface area contributed by atoms with E-state index in [2.05, 4.69) is 20.5 Å². The minimum absolute atomic E-state index is 0.201. The SMILES string of the molecule is CN(Cc1ncn[nH]1)C(=O)NC(C(=O)O)c1ccccc1. The lowest BCUT2D eigenvalue weighted by molar-refractivity contribution is -0.139. The van der Waals surface area contributed by atoms with E-state index in [1.807, 2.05) is 0 Å². The van der Waals surface area contributed by atoms with Crippen LogP contribution in [0.5, 0.6) is 0 Å². The Balaban J connectivity index is 2.03. The molecule has 0 spiro atoms. The number of hydrogen-bond donors (Lipinski definition) is 3. The Labute approximate surface area is 120 Å². The Morgan fingerprint density at radius 1 is 1.38 bits per heavy atom. The van der Waals surface area contributed by atoms with Gasteiger partial charge >= 0.3 is 12.0 Å². The summed E-state index contributed by atoms with van der Waals surface area (Å²) in [7, 11) is 1.54. The molecule has 1 aromatic heterocycles. The minimum Gasteiger partial charge on any atom is -0.479 e. The van der Waals surface area contributed by atoms with Crippen LogP contribution in [0.25, 0.3) is 0 Å². The molecule has 0 bridgehead atoms. The number of nitrogens with zero attached hydrogens (tertiary/aromatic N) is 3. The topological polar surface area (TPSA) is 111 Å². The molecular weight excluding hydrogens is 274 g/mol. The van der Waals surface area contributed by atoms with Crippen LogP contribution in [0.15, 0.2) is 36.7 Å². The van der Waals surface area contributed by atoms with Crippen LogP contribution in [-0.2, 0) is 11.3 Å². The molecule has 0 fully saturated rings. The number of H-pyrrole nitrogens is 1. The summed E-state index contributed by atoms with van der Waals surface area (Å²) in [6, 6.07) is 6.90. The molecule has 21 heavy (non-hydrogen) atoms. The molecule has 0 aliphatic carbocycles. The molecule has 2 rings (SSSR count). The second-order valence-electron chi connectivity index (χ2n) is 4.42. The zero-order valence-electron chi connectivity index (χ0n) is 11.4. The highest BCUT2D eigenvalue weighted by Crippen LogP contribution is 2.13. The molecular formula is C13H15N5O3. The van der Waals surface area contributed by atoms with Crippen molar-refractivity contribution in [1.82, 2.24) is 25.4 Å². The van der Waals surface area contributed by atoms with Crippen molar-refractivity contribution >= 4 is 12.0 Å². The number of carboxylic acids is 1. The highest BCUT2D eigenvalue weighted by Gasteiger charge is 2.23. The predicted octanol–water partition coefficient (Wildman–Crippen LogP) is 0.772. The summed E-state index contributed by atoms with van der Waals surface area (Å²) in [5, 5.41) is 18.0. The van der Waals surface area contributed by atoms with Crippen molar-refractivity contribution in [3.05, 3.63) is 48.0 Å². The number of aromatic nitrogens is 3. The highest BCUT2D eigenvalue weighted by atomic mass is 16.4. The summed E-state index contributed by atoms with van der Waals surface area (Å²) in [4.78, 5) is 28.6. The molecule has 0 saturated carbocycles. The number of carboxylic acid groups (broad SMARTS) is 1. The van der Waals surface area contributed by atoms with E-state index in [0.717, 1.165) is 0 Å². The summed E-state index contributed by atoms with van der Waals surface area (Å²) in [6.45, 7) is 0.201. The number of aromatic amines is 1. The number of rotatable bonds is 5. The maximum absolute atomic E-state index is 12.0. The van der Waals surface area contributed by atoms with Gasteiger partial charge in [0.05, 0.1) is 6.54 Å². The standard InChI is InChI=1S/C13H15N5O3/c1-18(7-10-14-8-15-17-10)13(21)16-11(12(19)20)9-5-3-2-4-6-9/h2-6,8,11H,7H2,1H3,(H,16,21)(H,19,20)(H,14,15,17). The Bertz CT molecular complexity index is 600. The Hall–Kier alpha value is -2.90. The van der Waals surface area contributed by atoms with Gasteiger partial charge in [0.1, 0.15) is 12.2 Å². The average Bonchev–Trinajstić information content (AvgIpc) is 2.98. The lowest BCUT2D eigenvalue weighted by Gasteiger charge is -2.20. The first kappa shape index (κ1) is 14.5. The van der Waals surface area contributed by atoms with Gasteiger partial charge in [-0.1, -0.05) is 30.3 Å². The van der Waals surface area contributed by atoms with Crippen LogP contribution in [0.3, 0.4) is 0 Å². The summed E-state index contributed by atoms with van der Waals surface area (Å²) in [6.07, 6.45) is 1.34. The predicted molar refractivity (Wildman–Crippen MR) is 73.2 cm³/mol. The van der Waals surface area contributed by atoms with Crippen molar-refractivity contribution in [2.45, 2.75) is 12.6 Å². The number of carbonyl (C=O) groups is 2. The number of amides is 2. The largest absolute Gasteiger partial charge is 0.479 e. The molecule has 0 aliphatic rings. The van der Waals surface area contributed by atoms with Crippen LogP contribution >= 0.6 is 0 Å². The number of hydrogen-bond acceptors (Lipinski definition) is 4. The summed E-state index contributed by atoms with van der Waals surface area (Å²) >= 11 is 0. The third-order valence-electron chi connectivity index (χ3n) is 2.85. The van der Waals surface area contributed by atoms with Crippen LogP contribution in [0.4, 0.5) is 4.79 Å². The molecule has 110 valence electrons. The van der Waals surface area contributed by atoms with E-state index in [-0.39, 0.29) is 6.54 Å². The molecule has 0 radical (unpaired) electrons. The Kier molecular flexibility index (Phi) is 4.50. The van der Waals surface area contributed by atoms with Crippen LogP contribution < -0.4 is 5.32 Å². The van der Waals surface area contributed by atoms with Gasteiger partial charge in [-0.2, -0.15) is 5.10 Å². The van der Waals surface area contributed by atoms with Crippen LogP contribution in [0.1, 0.15) is 17.4 Å². The molecule has 0 saturated heterocycles. The molecule has 8 nitrogen and oxygen atoms in total. The highest BCUT2D eigenvalue weighted by molar-refractivity contribution is 5.83. The van der Waals surface area contributed by atoms with E-state index >= 15 is 0 Å². The molecule has 3 N–H and O–H groups in total. The zero-order valence-corrected chi connectivity index (χ0v) is 11.4. The van der Waals surface area contributed by atoms with E-state index in [0.29, 0.717) is 11.4 Å². The monoisotopic (exact) mass is 289 g/mol. The third kappa shape index (κ3) is 3.78. The first-order valence-corrected chi connectivity index (χ1v) is 6.21. The van der Waals surface area contributed by atoms with Gasteiger partial charge in [-0.3, -0.25) is 5.10 Å². The summed E-state index contributed by atoms with van der Waals surface area (Å²) in [5.41, 5.74) is 0.506. The fraction of sp³-hybridized carbons (Fsp3) is 0.231. The number of carbonyl (C=O) groups excluding carboxylic acids is 1. The van der Waals surface area contributed by atoms with Crippen LogP contribution in [0, 0.1) is 0 Å². The second kappa shape index (κ2) is 6.51. The number of benzene rings is 1. The fourth-order valence-electron chi connectivity index (χ4n) is 1.77. The molecule has 1 atom stereocenters. The van der Waals surface area contributed by atoms with Crippen molar-refractivity contribution in [1.29, 1.82) is 0 Å². The lowest BCUT2D eigenvalue weighted by atomic mass is 10.1. The average molecular weight is 289 g/mol. The van der Waals surface area contributed by atoms with E-state index in [1.54, 1.807) is 37.4 Å². The van der Waals surface area contributed by atoms with Gasteiger partial charge in [0.2, 0.25) is 0 Å². The van der Waals surface area contributed by atoms with Crippen molar-refractivity contribution in [2.75, 3.05) is 7.05 Å². The molecule has 1 heterocycles. The van der Waals surface area contributed by atoms with Crippen LogP contribution in [0.2, 0.25) is 0 Å². The second-order valence-corrected chi connectivity index (χ2v) is 4.42. The number of aliphatic carboxylic acids is 1. The van der Waals surface area contributed by atoms with Gasteiger partial charge in [0.25, 0.3) is 0 Å². The molecule has 1 aromatic carbocycles. The van der Waals surface area contributed by atoms with Gasteiger partial charge in [-0.25, -0.2) is 14.6 Å². The van der Waals surface area contributed by atoms with Gasteiger partial charge in [0.15, 0.2) is 6.04 Å². The lowest BCUT2D eigenvalue weighted by Crippen LogP contribution is -2.41. The Morgan fingerprint density at radius 3 is 2.67 bits per heavy atom.